The number of hydrogen-bond acceptors (Lipinski definition) is 3. The molecule has 0 bridgehead atoms. The van der Waals surface area contributed by atoms with Gasteiger partial charge in [0.1, 0.15) is 0 Å². The minimum atomic E-state index is -0.345. The van der Waals surface area contributed by atoms with Crippen LogP contribution >= 0.6 is 11.8 Å². The third kappa shape index (κ3) is 4.31. The minimum Gasteiger partial charge on any atom is -0.288 e. The molecule has 1 N–H and O–H groups in total. The van der Waals surface area contributed by atoms with Gasteiger partial charge in [-0.25, -0.2) is 4.79 Å². The van der Waals surface area contributed by atoms with Crippen LogP contribution in [0.1, 0.15) is 17.5 Å². The summed E-state index contributed by atoms with van der Waals surface area (Å²) in [5.74, 6) is 0. The zero-order valence-electron chi connectivity index (χ0n) is 14.1. The molecule has 3 rings (SSSR count). The molecule has 128 valence electrons. The Kier molecular flexibility index (Phi) is 5.56. The summed E-state index contributed by atoms with van der Waals surface area (Å²) in [5.41, 5.74) is 1.16. The van der Waals surface area contributed by atoms with Crippen molar-refractivity contribution in [1.29, 1.82) is 0 Å². The second-order valence-corrected chi connectivity index (χ2v) is 6.91. The fraction of sp³-hybridized carbons (Fsp3) is 0.200. The monoisotopic (exact) mass is 352 g/mol. The highest BCUT2D eigenvalue weighted by molar-refractivity contribution is 7.99. The number of nitrogens with zero attached hydrogens (tertiary/aromatic N) is 1. The summed E-state index contributed by atoms with van der Waals surface area (Å²) in [6.45, 7) is 2.33. The molecule has 0 aliphatic heterocycles. The number of aryl methyl sites for hydroxylation is 1. The quantitative estimate of drug-likeness (QED) is 0.689. The highest BCUT2D eigenvalue weighted by atomic mass is 32.2. The Balaban J connectivity index is 1.85. The van der Waals surface area contributed by atoms with E-state index >= 15 is 0 Å². The van der Waals surface area contributed by atoms with Gasteiger partial charge in [0, 0.05) is 17.0 Å². The Hall–Kier alpha value is -2.53. The second kappa shape index (κ2) is 8.03. The molecule has 0 aliphatic carbocycles. The molecule has 0 radical (unpaired) electrons. The van der Waals surface area contributed by atoms with Crippen molar-refractivity contribution in [1.82, 2.24) is 9.55 Å². The molecule has 0 saturated carbocycles. The van der Waals surface area contributed by atoms with Gasteiger partial charge in [0.05, 0.1) is 5.03 Å². The predicted molar refractivity (Wildman–Crippen MR) is 101 cm³/mol. The highest BCUT2D eigenvalue weighted by Gasteiger charge is 2.13. The molecule has 4 nitrogen and oxygen atoms in total. The van der Waals surface area contributed by atoms with Crippen LogP contribution in [0.25, 0.3) is 0 Å². The van der Waals surface area contributed by atoms with Crippen LogP contribution in [0.4, 0.5) is 0 Å². The number of aromatic amines is 1. The van der Waals surface area contributed by atoms with Gasteiger partial charge in [-0.15, -0.1) is 0 Å². The molecule has 0 amide bonds. The zero-order valence-corrected chi connectivity index (χ0v) is 14.9. The van der Waals surface area contributed by atoms with Crippen molar-refractivity contribution in [3.8, 4) is 0 Å². The molecule has 2 aromatic carbocycles. The van der Waals surface area contributed by atoms with Gasteiger partial charge in [-0.1, -0.05) is 60.3 Å². The first-order chi connectivity index (χ1) is 12.1. The van der Waals surface area contributed by atoms with Crippen LogP contribution in [0.2, 0.25) is 0 Å². The first-order valence-corrected chi connectivity index (χ1v) is 9.07. The van der Waals surface area contributed by atoms with Gasteiger partial charge in [-0.3, -0.25) is 14.3 Å². The molecule has 0 unspecified atom stereocenters. The van der Waals surface area contributed by atoms with Gasteiger partial charge in [0.2, 0.25) is 0 Å². The number of benzene rings is 2. The summed E-state index contributed by atoms with van der Waals surface area (Å²) >= 11 is 1.46. The maximum absolute atomic E-state index is 12.3. The van der Waals surface area contributed by atoms with Crippen LogP contribution in [0.15, 0.2) is 80.2 Å². The van der Waals surface area contributed by atoms with E-state index in [2.05, 4.69) is 17.1 Å². The van der Waals surface area contributed by atoms with Crippen LogP contribution in [0.3, 0.4) is 0 Å². The fourth-order valence-corrected chi connectivity index (χ4v) is 3.72. The molecular weight excluding hydrogens is 332 g/mol. The molecule has 1 heterocycles. The summed E-state index contributed by atoms with van der Waals surface area (Å²) in [6, 6.07) is 20.0. The molecule has 0 fully saturated rings. The molecule has 1 aromatic heterocycles. The van der Waals surface area contributed by atoms with E-state index < -0.39 is 0 Å². The van der Waals surface area contributed by atoms with Gasteiger partial charge < -0.3 is 0 Å². The first kappa shape index (κ1) is 17.3. The molecule has 0 atom stereocenters. The smallest absolute Gasteiger partial charge is 0.288 e. The lowest BCUT2D eigenvalue weighted by Crippen LogP contribution is -2.33. The summed E-state index contributed by atoms with van der Waals surface area (Å²) in [5, 5.41) is 0.716. The van der Waals surface area contributed by atoms with Crippen molar-refractivity contribution < 1.29 is 0 Å². The number of aromatic nitrogens is 2. The standard InChI is InChI=1S/C20H20N2O2S/c1-15-18(23)21-20(24)22(14-8-11-16-9-4-2-5-10-16)19(15)25-17-12-6-3-7-13-17/h2-7,9-10,12-13H,8,11,14H2,1H3,(H,21,23,24). The predicted octanol–water partition coefficient (Wildman–Crippen LogP) is 3.63. The fourth-order valence-electron chi connectivity index (χ4n) is 2.67. The van der Waals surface area contributed by atoms with Crippen molar-refractivity contribution in [3.05, 3.63) is 92.6 Å². The lowest BCUT2D eigenvalue weighted by Gasteiger charge is -2.14. The average Bonchev–Trinajstić information content (AvgIpc) is 2.63. The normalized spacial score (nSPS) is 10.8. The third-order valence-corrected chi connectivity index (χ3v) is 5.25. The Morgan fingerprint density at radius 1 is 0.960 bits per heavy atom. The molecule has 0 aliphatic rings. The molecule has 0 spiro atoms. The van der Waals surface area contributed by atoms with Crippen molar-refractivity contribution in [3.63, 3.8) is 0 Å². The van der Waals surface area contributed by atoms with E-state index in [9.17, 15) is 9.59 Å². The van der Waals surface area contributed by atoms with Crippen LogP contribution in [0.5, 0.6) is 0 Å². The van der Waals surface area contributed by atoms with Crippen molar-refractivity contribution in [2.45, 2.75) is 36.2 Å². The summed E-state index contributed by atoms with van der Waals surface area (Å²) in [7, 11) is 0. The van der Waals surface area contributed by atoms with E-state index in [-0.39, 0.29) is 11.2 Å². The Bertz CT molecular complexity index is 947. The topological polar surface area (TPSA) is 54.9 Å². The van der Waals surface area contributed by atoms with E-state index in [4.69, 9.17) is 0 Å². The number of hydrogen-bond donors (Lipinski definition) is 1. The highest BCUT2D eigenvalue weighted by Crippen LogP contribution is 2.28. The van der Waals surface area contributed by atoms with E-state index in [1.54, 1.807) is 11.5 Å². The van der Waals surface area contributed by atoms with E-state index in [1.165, 1.54) is 17.3 Å². The van der Waals surface area contributed by atoms with Crippen LogP contribution in [-0.4, -0.2) is 9.55 Å². The van der Waals surface area contributed by atoms with Gasteiger partial charge >= 0.3 is 5.69 Å². The van der Waals surface area contributed by atoms with Crippen LogP contribution in [0, 0.1) is 6.92 Å². The van der Waals surface area contributed by atoms with E-state index in [0.717, 1.165) is 17.7 Å². The van der Waals surface area contributed by atoms with Crippen LogP contribution in [-0.2, 0) is 13.0 Å². The average molecular weight is 352 g/mol. The Labute approximate surface area is 150 Å². The largest absolute Gasteiger partial charge is 0.329 e. The lowest BCUT2D eigenvalue weighted by atomic mass is 10.1. The molecule has 0 saturated heterocycles. The van der Waals surface area contributed by atoms with Gasteiger partial charge in [-0.05, 0) is 37.5 Å². The maximum Gasteiger partial charge on any atom is 0.329 e. The van der Waals surface area contributed by atoms with Gasteiger partial charge in [-0.2, -0.15) is 0 Å². The zero-order chi connectivity index (χ0) is 17.6. The molecule has 3 aromatic rings. The maximum atomic E-state index is 12.3. The SMILES string of the molecule is Cc1c(Sc2ccccc2)n(CCCc2ccccc2)c(=O)[nH]c1=O. The molecule has 5 heteroatoms. The van der Waals surface area contributed by atoms with E-state index in [0.29, 0.717) is 17.1 Å². The second-order valence-electron chi connectivity index (χ2n) is 5.85. The number of nitrogens with one attached hydrogen (secondary N) is 1. The lowest BCUT2D eigenvalue weighted by molar-refractivity contribution is 0.555. The van der Waals surface area contributed by atoms with Crippen molar-refractivity contribution in [2.75, 3.05) is 0 Å². The Morgan fingerprint density at radius 2 is 1.60 bits per heavy atom. The van der Waals surface area contributed by atoms with Gasteiger partial charge in [0.25, 0.3) is 5.56 Å². The number of rotatable bonds is 6. The van der Waals surface area contributed by atoms with Crippen LogP contribution < -0.4 is 11.2 Å². The van der Waals surface area contributed by atoms with Crippen molar-refractivity contribution >= 4 is 11.8 Å². The number of H-pyrrole nitrogens is 1. The van der Waals surface area contributed by atoms with Crippen molar-refractivity contribution in [2.24, 2.45) is 0 Å². The Morgan fingerprint density at radius 3 is 2.28 bits per heavy atom. The molecular formula is C20H20N2O2S. The van der Waals surface area contributed by atoms with Gasteiger partial charge in [0.15, 0.2) is 0 Å². The van der Waals surface area contributed by atoms with E-state index in [1.807, 2.05) is 48.5 Å². The summed E-state index contributed by atoms with van der Waals surface area (Å²) in [4.78, 5) is 27.8. The molecule has 25 heavy (non-hydrogen) atoms. The third-order valence-electron chi connectivity index (χ3n) is 4.02. The summed E-state index contributed by atoms with van der Waals surface area (Å²) < 4.78 is 1.68. The first-order valence-electron chi connectivity index (χ1n) is 8.25. The minimum absolute atomic E-state index is 0.317. The summed E-state index contributed by atoms with van der Waals surface area (Å²) in [6.07, 6.45) is 1.72.